The topological polar surface area (TPSA) is 82.6 Å². The minimum atomic E-state index is -1.03. The third-order valence-corrected chi connectivity index (χ3v) is 4.85. The lowest BCUT2D eigenvalue weighted by molar-refractivity contribution is -0.122. The van der Waals surface area contributed by atoms with Crippen molar-refractivity contribution in [3.63, 3.8) is 0 Å². The largest absolute Gasteiger partial charge is 0.357 e. The van der Waals surface area contributed by atoms with Crippen molar-refractivity contribution >= 4 is 46.6 Å². The third kappa shape index (κ3) is 7.16. The van der Waals surface area contributed by atoms with Gasteiger partial charge in [-0.05, 0) is 25.5 Å². The van der Waals surface area contributed by atoms with Gasteiger partial charge in [0.25, 0.3) is 0 Å². The van der Waals surface area contributed by atoms with Crippen molar-refractivity contribution in [3.8, 4) is 0 Å². The van der Waals surface area contributed by atoms with Gasteiger partial charge in [0, 0.05) is 36.2 Å². The molecule has 134 valence electrons. The molecule has 1 aliphatic heterocycles. The van der Waals surface area contributed by atoms with Crippen molar-refractivity contribution in [1.29, 1.82) is 0 Å². The Labute approximate surface area is 162 Å². The molecular formula is C16H25IN4O2S. The fraction of sp³-hybridized carbons (Fsp3) is 0.500. The molecule has 1 saturated heterocycles. The molecule has 1 aliphatic rings. The number of carbonyl (C=O) groups excluding carboxylic acids is 1. The van der Waals surface area contributed by atoms with E-state index in [1.54, 1.807) is 0 Å². The Balaban J connectivity index is 0.00000288. The molecule has 1 fully saturated rings. The summed E-state index contributed by atoms with van der Waals surface area (Å²) in [7, 11) is -1.03. The van der Waals surface area contributed by atoms with Gasteiger partial charge in [0.15, 0.2) is 5.96 Å². The van der Waals surface area contributed by atoms with E-state index in [4.69, 9.17) is 0 Å². The number of nitrogens with one attached hydrogen (secondary N) is 3. The number of piperidine rings is 1. The molecule has 2 unspecified atom stereocenters. The van der Waals surface area contributed by atoms with Crippen LogP contribution in [-0.4, -0.2) is 47.5 Å². The van der Waals surface area contributed by atoms with Gasteiger partial charge < -0.3 is 16.0 Å². The number of hydrogen-bond acceptors (Lipinski definition) is 3. The first-order chi connectivity index (χ1) is 11.2. The van der Waals surface area contributed by atoms with Gasteiger partial charge in [-0.1, -0.05) is 18.2 Å². The molecule has 0 aliphatic carbocycles. The number of halogens is 1. The van der Waals surface area contributed by atoms with E-state index in [-0.39, 0.29) is 35.9 Å². The van der Waals surface area contributed by atoms with E-state index in [1.807, 2.05) is 37.3 Å². The number of rotatable bonds is 6. The van der Waals surface area contributed by atoms with E-state index in [9.17, 15) is 9.00 Å². The van der Waals surface area contributed by atoms with Crippen LogP contribution < -0.4 is 16.0 Å². The van der Waals surface area contributed by atoms with Crippen LogP contribution in [0.5, 0.6) is 0 Å². The number of hydrogen-bond donors (Lipinski definition) is 3. The standard InChI is InChI=1S/C16H24N4O2S.HI/c1-2-17-16(20-13-8-9-15(21)19-12-13)18-10-11-23(22)14-6-4-3-5-7-14;/h3-7,13H,2,8-12H2,1H3,(H,19,21)(H2,17,18,20);1H. The number of aliphatic imine (C=N–C) groups is 1. The van der Waals surface area contributed by atoms with Crippen LogP contribution in [-0.2, 0) is 15.6 Å². The van der Waals surface area contributed by atoms with Crippen molar-refractivity contribution < 1.29 is 9.00 Å². The van der Waals surface area contributed by atoms with Crippen molar-refractivity contribution in [2.75, 3.05) is 25.4 Å². The van der Waals surface area contributed by atoms with Crippen LogP contribution in [0.4, 0.5) is 0 Å². The van der Waals surface area contributed by atoms with Gasteiger partial charge in [0.05, 0.1) is 17.3 Å². The van der Waals surface area contributed by atoms with E-state index in [0.717, 1.165) is 17.9 Å². The zero-order chi connectivity index (χ0) is 16.5. The van der Waals surface area contributed by atoms with Gasteiger partial charge in [0.2, 0.25) is 5.91 Å². The highest BCUT2D eigenvalue weighted by Crippen LogP contribution is 2.05. The molecule has 0 bridgehead atoms. The fourth-order valence-corrected chi connectivity index (χ4v) is 3.25. The number of benzene rings is 1. The molecule has 0 radical (unpaired) electrons. The summed E-state index contributed by atoms with van der Waals surface area (Å²) in [6, 6.07) is 9.61. The quantitative estimate of drug-likeness (QED) is 0.336. The van der Waals surface area contributed by atoms with Crippen LogP contribution in [0, 0.1) is 0 Å². The summed E-state index contributed by atoms with van der Waals surface area (Å²) >= 11 is 0. The number of amides is 1. The molecule has 1 heterocycles. The highest BCUT2D eigenvalue weighted by atomic mass is 127. The monoisotopic (exact) mass is 464 g/mol. The predicted octanol–water partition coefficient (Wildman–Crippen LogP) is 1.25. The van der Waals surface area contributed by atoms with Crippen LogP contribution >= 0.6 is 24.0 Å². The molecule has 24 heavy (non-hydrogen) atoms. The Kier molecular flexibility index (Phi) is 9.92. The summed E-state index contributed by atoms with van der Waals surface area (Å²) in [6.07, 6.45) is 1.33. The van der Waals surface area contributed by atoms with Crippen molar-refractivity contribution in [2.45, 2.75) is 30.7 Å². The summed E-state index contributed by atoms with van der Waals surface area (Å²) in [5.41, 5.74) is 0. The minimum absolute atomic E-state index is 0. The Morgan fingerprint density at radius 2 is 2.12 bits per heavy atom. The lowest BCUT2D eigenvalue weighted by Gasteiger charge is -2.25. The summed E-state index contributed by atoms with van der Waals surface area (Å²) in [5, 5.41) is 9.34. The fourth-order valence-electron chi connectivity index (χ4n) is 2.30. The normalized spacial score (nSPS) is 19.0. The van der Waals surface area contributed by atoms with Crippen LogP contribution in [0.1, 0.15) is 19.8 Å². The zero-order valence-electron chi connectivity index (χ0n) is 13.8. The van der Waals surface area contributed by atoms with E-state index in [1.165, 1.54) is 0 Å². The molecule has 6 nitrogen and oxygen atoms in total. The van der Waals surface area contributed by atoms with Gasteiger partial charge in [-0.3, -0.25) is 14.0 Å². The predicted molar refractivity (Wildman–Crippen MR) is 108 cm³/mol. The highest BCUT2D eigenvalue weighted by molar-refractivity contribution is 14.0. The molecule has 1 amide bonds. The van der Waals surface area contributed by atoms with Gasteiger partial charge in [-0.25, -0.2) is 0 Å². The van der Waals surface area contributed by atoms with Crippen LogP contribution in [0.15, 0.2) is 40.2 Å². The summed E-state index contributed by atoms with van der Waals surface area (Å²) in [4.78, 5) is 16.5. The number of nitrogens with zero attached hydrogens (tertiary/aromatic N) is 1. The first kappa shape index (κ1) is 20.9. The maximum atomic E-state index is 12.2. The van der Waals surface area contributed by atoms with Crippen molar-refractivity contribution in [1.82, 2.24) is 16.0 Å². The summed E-state index contributed by atoms with van der Waals surface area (Å²) in [5.74, 6) is 1.30. The second-order valence-corrected chi connectivity index (χ2v) is 6.88. The molecule has 0 saturated carbocycles. The van der Waals surface area contributed by atoms with Crippen LogP contribution in [0.2, 0.25) is 0 Å². The van der Waals surface area contributed by atoms with E-state index >= 15 is 0 Å². The second kappa shape index (κ2) is 11.4. The van der Waals surface area contributed by atoms with Crippen LogP contribution in [0.3, 0.4) is 0 Å². The average molecular weight is 464 g/mol. The average Bonchev–Trinajstić information content (AvgIpc) is 2.58. The molecule has 3 N–H and O–H groups in total. The minimum Gasteiger partial charge on any atom is -0.357 e. The molecule has 8 heteroatoms. The van der Waals surface area contributed by atoms with Gasteiger partial charge >= 0.3 is 0 Å². The van der Waals surface area contributed by atoms with Crippen LogP contribution in [0.25, 0.3) is 0 Å². The number of carbonyl (C=O) groups is 1. The molecular weight excluding hydrogens is 439 g/mol. The summed E-state index contributed by atoms with van der Waals surface area (Å²) < 4.78 is 12.2. The Morgan fingerprint density at radius 1 is 1.38 bits per heavy atom. The smallest absolute Gasteiger partial charge is 0.220 e. The molecule has 1 aromatic carbocycles. The maximum absolute atomic E-state index is 12.2. The van der Waals surface area contributed by atoms with Gasteiger partial charge in [-0.2, -0.15) is 0 Å². The van der Waals surface area contributed by atoms with Crippen molar-refractivity contribution in [2.24, 2.45) is 4.99 Å². The van der Waals surface area contributed by atoms with E-state index in [2.05, 4.69) is 20.9 Å². The van der Waals surface area contributed by atoms with E-state index in [0.29, 0.717) is 31.2 Å². The first-order valence-corrected chi connectivity index (χ1v) is 9.26. The zero-order valence-corrected chi connectivity index (χ0v) is 16.9. The Hall–Kier alpha value is -1.16. The molecule has 2 rings (SSSR count). The lowest BCUT2D eigenvalue weighted by atomic mass is 10.1. The molecule has 2 atom stereocenters. The van der Waals surface area contributed by atoms with E-state index < -0.39 is 10.8 Å². The molecule has 0 spiro atoms. The number of guanidine groups is 1. The second-order valence-electron chi connectivity index (χ2n) is 5.31. The SMILES string of the molecule is CCNC(=NCCS(=O)c1ccccc1)NC1CCC(=O)NC1.I. The maximum Gasteiger partial charge on any atom is 0.220 e. The highest BCUT2D eigenvalue weighted by Gasteiger charge is 2.18. The van der Waals surface area contributed by atoms with Gasteiger partial charge in [0.1, 0.15) is 0 Å². The van der Waals surface area contributed by atoms with Gasteiger partial charge in [-0.15, -0.1) is 24.0 Å². The molecule has 0 aromatic heterocycles. The Bertz CT molecular complexity index is 558. The summed E-state index contributed by atoms with van der Waals surface area (Å²) in [6.45, 7) is 3.85. The molecule has 1 aromatic rings. The Morgan fingerprint density at radius 3 is 2.75 bits per heavy atom. The third-order valence-electron chi connectivity index (χ3n) is 3.50. The lowest BCUT2D eigenvalue weighted by Crippen LogP contribution is -2.51. The first-order valence-electron chi connectivity index (χ1n) is 7.94. The van der Waals surface area contributed by atoms with Crippen molar-refractivity contribution in [3.05, 3.63) is 30.3 Å².